The molecular weight excluding hydrogens is 342 g/mol. The number of aliphatic hydroxyl groups excluding tert-OH is 1. The summed E-state index contributed by atoms with van der Waals surface area (Å²) < 4.78 is 5.32. The lowest BCUT2D eigenvalue weighted by Gasteiger charge is -2.42. The molecule has 1 aromatic carbocycles. The molecule has 2 atom stereocenters. The number of carbonyl (C=O) groups excluding carboxylic acids is 1. The summed E-state index contributed by atoms with van der Waals surface area (Å²) in [4.78, 5) is 19.4. The van der Waals surface area contributed by atoms with Crippen LogP contribution in [0.25, 0.3) is 11.4 Å². The fourth-order valence-electron chi connectivity index (χ4n) is 4.72. The predicted molar refractivity (Wildman–Crippen MR) is 99.1 cm³/mol. The van der Waals surface area contributed by atoms with Crippen LogP contribution in [0.15, 0.2) is 28.8 Å². The van der Waals surface area contributed by atoms with Crippen LogP contribution in [0, 0.1) is 5.41 Å². The molecule has 27 heavy (non-hydrogen) atoms. The first-order chi connectivity index (χ1) is 13.1. The summed E-state index contributed by atoms with van der Waals surface area (Å²) in [6.45, 7) is 1.44. The van der Waals surface area contributed by atoms with E-state index >= 15 is 0 Å². The fraction of sp³-hybridized carbons (Fsp3) is 0.571. The zero-order valence-electron chi connectivity index (χ0n) is 15.4. The van der Waals surface area contributed by atoms with E-state index in [0.717, 1.165) is 62.9 Å². The number of rotatable bonds is 3. The van der Waals surface area contributed by atoms with Crippen LogP contribution in [0.1, 0.15) is 67.1 Å². The van der Waals surface area contributed by atoms with Crippen LogP contribution >= 0.6 is 0 Å². The van der Waals surface area contributed by atoms with Crippen LogP contribution in [0.5, 0.6) is 0 Å². The largest absolute Gasteiger partial charge is 0.392 e. The number of carbonyl (C=O) groups is 1. The molecule has 2 saturated carbocycles. The fourth-order valence-corrected chi connectivity index (χ4v) is 4.72. The van der Waals surface area contributed by atoms with Gasteiger partial charge in [0.2, 0.25) is 11.7 Å². The molecular formula is C21H25N3O3. The summed E-state index contributed by atoms with van der Waals surface area (Å²) >= 11 is 0. The molecule has 1 spiro atoms. The van der Waals surface area contributed by atoms with Gasteiger partial charge in [0.15, 0.2) is 0 Å². The molecule has 1 saturated heterocycles. The Balaban J connectivity index is 1.31. The van der Waals surface area contributed by atoms with Gasteiger partial charge in [-0.05, 0) is 50.7 Å². The first kappa shape index (κ1) is 16.9. The molecule has 3 fully saturated rings. The normalized spacial score (nSPS) is 28.0. The molecule has 3 aliphatic rings. The molecule has 142 valence electrons. The van der Waals surface area contributed by atoms with E-state index in [1.807, 2.05) is 29.2 Å². The molecule has 0 bridgehead atoms. The van der Waals surface area contributed by atoms with Crippen molar-refractivity contribution >= 4 is 5.91 Å². The molecule has 6 heteroatoms. The van der Waals surface area contributed by atoms with Crippen molar-refractivity contribution in [1.82, 2.24) is 15.0 Å². The van der Waals surface area contributed by atoms with Crippen LogP contribution in [0.2, 0.25) is 0 Å². The van der Waals surface area contributed by atoms with Crippen molar-refractivity contribution in [2.45, 2.75) is 57.0 Å². The maximum absolute atomic E-state index is 13.0. The Kier molecular flexibility index (Phi) is 4.04. The number of piperidine rings is 1. The summed E-state index contributed by atoms with van der Waals surface area (Å²) in [5.41, 5.74) is 1.45. The van der Waals surface area contributed by atoms with Gasteiger partial charge in [0, 0.05) is 35.5 Å². The van der Waals surface area contributed by atoms with Crippen LogP contribution in [-0.4, -0.2) is 45.2 Å². The average Bonchev–Trinajstić information content (AvgIpc) is 3.34. The number of nitrogens with zero attached hydrogens (tertiary/aromatic N) is 3. The monoisotopic (exact) mass is 367 g/mol. The highest BCUT2D eigenvalue weighted by Gasteiger charge is 2.45. The molecule has 1 aromatic heterocycles. The van der Waals surface area contributed by atoms with Gasteiger partial charge in [-0.15, -0.1) is 0 Å². The number of benzene rings is 1. The lowest BCUT2D eigenvalue weighted by Crippen LogP contribution is -2.49. The van der Waals surface area contributed by atoms with Crippen LogP contribution < -0.4 is 0 Å². The second-order valence-electron chi connectivity index (χ2n) is 8.41. The van der Waals surface area contributed by atoms with Gasteiger partial charge in [-0.2, -0.15) is 4.98 Å². The van der Waals surface area contributed by atoms with E-state index in [0.29, 0.717) is 23.9 Å². The third kappa shape index (κ3) is 3.06. The Morgan fingerprint density at radius 1 is 1.15 bits per heavy atom. The minimum Gasteiger partial charge on any atom is -0.392 e. The van der Waals surface area contributed by atoms with Crippen LogP contribution in [0.3, 0.4) is 0 Å². The quantitative estimate of drug-likeness (QED) is 0.900. The summed E-state index contributed by atoms with van der Waals surface area (Å²) in [5, 5.41) is 14.5. The van der Waals surface area contributed by atoms with Gasteiger partial charge in [-0.3, -0.25) is 4.79 Å². The van der Waals surface area contributed by atoms with Crippen molar-refractivity contribution in [3.05, 3.63) is 35.7 Å². The summed E-state index contributed by atoms with van der Waals surface area (Å²) in [6, 6.07) is 7.46. The van der Waals surface area contributed by atoms with Gasteiger partial charge in [0.1, 0.15) is 0 Å². The Morgan fingerprint density at radius 2 is 1.93 bits per heavy atom. The van der Waals surface area contributed by atoms with E-state index in [9.17, 15) is 9.90 Å². The second-order valence-corrected chi connectivity index (χ2v) is 8.41. The highest BCUT2D eigenvalue weighted by molar-refractivity contribution is 5.94. The average molecular weight is 367 g/mol. The molecule has 1 amide bonds. The van der Waals surface area contributed by atoms with Gasteiger partial charge >= 0.3 is 0 Å². The highest BCUT2D eigenvalue weighted by atomic mass is 16.5. The minimum atomic E-state index is -0.269. The van der Waals surface area contributed by atoms with E-state index in [1.54, 1.807) is 0 Å². The zero-order valence-corrected chi connectivity index (χ0v) is 15.4. The predicted octanol–water partition coefficient (Wildman–Crippen LogP) is 3.38. The Bertz CT molecular complexity index is 843. The van der Waals surface area contributed by atoms with Crippen molar-refractivity contribution in [1.29, 1.82) is 0 Å². The van der Waals surface area contributed by atoms with Crippen molar-refractivity contribution in [3.63, 3.8) is 0 Å². The lowest BCUT2D eigenvalue weighted by molar-refractivity contribution is -0.00535. The second kappa shape index (κ2) is 6.44. The molecule has 2 aliphatic carbocycles. The summed E-state index contributed by atoms with van der Waals surface area (Å²) in [5.74, 6) is 1.79. The lowest BCUT2D eigenvalue weighted by atomic mass is 9.76. The van der Waals surface area contributed by atoms with Gasteiger partial charge < -0.3 is 14.5 Å². The number of hydrogen-bond donors (Lipinski definition) is 1. The van der Waals surface area contributed by atoms with Crippen molar-refractivity contribution in [3.8, 4) is 11.4 Å². The van der Waals surface area contributed by atoms with Crippen LogP contribution in [0.4, 0.5) is 0 Å². The Morgan fingerprint density at radius 3 is 2.63 bits per heavy atom. The molecule has 1 N–H and O–H groups in total. The maximum atomic E-state index is 13.0. The Labute approximate surface area is 158 Å². The minimum absolute atomic E-state index is 0.0477. The van der Waals surface area contributed by atoms with E-state index in [1.165, 1.54) is 0 Å². The molecule has 5 rings (SSSR count). The Hall–Kier alpha value is -2.21. The van der Waals surface area contributed by atoms with Crippen molar-refractivity contribution < 1.29 is 14.4 Å². The van der Waals surface area contributed by atoms with Gasteiger partial charge in [0.25, 0.3) is 5.91 Å². The number of amides is 1. The molecule has 1 aliphatic heterocycles. The van der Waals surface area contributed by atoms with Gasteiger partial charge in [0.05, 0.1) is 6.10 Å². The third-order valence-electron chi connectivity index (χ3n) is 6.51. The smallest absolute Gasteiger partial charge is 0.253 e. The van der Waals surface area contributed by atoms with Gasteiger partial charge in [-0.25, -0.2) is 0 Å². The molecule has 0 radical (unpaired) electrons. The van der Waals surface area contributed by atoms with E-state index in [-0.39, 0.29) is 17.4 Å². The highest BCUT2D eigenvalue weighted by Crippen LogP contribution is 2.45. The van der Waals surface area contributed by atoms with E-state index < -0.39 is 0 Å². The van der Waals surface area contributed by atoms with E-state index in [2.05, 4.69) is 10.1 Å². The topological polar surface area (TPSA) is 79.5 Å². The first-order valence-corrected chi connectivity index (χ1v) is 10.1. The number of hydrogen-bond acceptors (Lipinski definition) is 5. The molecule has 0 unspecified atom stereocenters. The SMILES string of the molecule is O=C(c1ccc(-c2noc(C3CC3)n2)cc1)N1CCC[C@@]2(CCC[C@H]2O)C1. The summed E-state index contributed by atoms with van der Waals surface area (Å²) in [7, 11) is 0. The van der Waals surface area contributed by atoms with Crippen molar-refractivity contribution in [2.24, 2.45) is 5.41 Å². The van der Waals surface area contributed by atoms with E-state index in [4.69, 9.17) is 4.52 Å². The first-order valence-electron chi connectivity index (χ1n) is 10.1. The molecule has 2 aromatic rings. The number of aromatic nitrogens is 2. The maximum Gasteiger partial charge on any atom is 0.253 e. The molecule has 2 heterocycles. The number of likely N-dealkylation sites (tertiary alicyclic amines) is 1. The van der Waals surface area contributed by atoms with Gasteiger partial charge in [-0.1, -0.05) is 23.7 Å². The third-order valence-corrected chi connectivity index (χ3v) is 6.51. The summed E-state index contributed by atoms with van der Waals surface area (Å²) in [6.07, 6.45) is 6.93. The number of aliphatic hydroxyl groups is 1. The van der Waals surface area contributed by atoms with Crippen LogP contribution in [-0.2, 0) is 0 Å². The van der Waals surface area contributed by atoms with Crippen molar-refractivity contribution in [2.75, 3.05) is 13.1 Å². The standard InChI is InChI=1S/C21H25N3O3/c25-17-3-1-10-21(17)11-2-12-24(13-21)20(26)16-8-4-14(5-9-16)18-22-19(27-23-18)15-6-7-15/h4-5,8-9,15,17,25H,1-3,6-7,10-13H2/t17-,21+/m1/s1. The zero-order chi connectivity index (χ0) is 18.4. The molecule has 6 nitrogen and oxygen atoms in total.